The summed E-state index contributed by atoms with van der Waals surface area (Å²) in [4.78, 5) is 0. The summed E-state index contributed by atoms with van der Waals surface area (Å²) in [6, 6.07) is 0. The van der Waals surface area contributed by atoms with Crippen LogP contribution in [0.5, 0.6) is 0 Å². The molecule has 4 nitrogen and oxygen atoms in total. The van der Waals surface area contributed by atoms with Crippen molar-refractivity contribution in [1.82, 2.24) is 0 Å². The molecule has 0 aromatic rings. The molecule has 0 aliphatic carbocycles. The summed E-state index contributed by atoms with van der Waals surface area (Å²) in [5.74, 6) is 0.897. The number of rotatable bonds is 10. The number of halogens is 2. The molecular weight excluding hydrogens is 334 g/mol. The molecule has 1 N–H and O–H groups in total. The fourth-order valence-electron chi connectivity index (χ4n) is 1.92. The zero-order valence-electron chi connectivity index (χ0n) is 12.6. The zero-order chi connectivity index (χ0) is 16.4. The Balaban J connectivity index is 2.71. The summed E-state index contributed by atoms with van der Waals surface area (Å²) in [6.45, 7) is 3.88. The molecule has 0 spiro atoms. The van der Waals surface area contributed by atoms with Gasteiger partial charge < -0.3 is 19.3 Å². The van der Waals surface area contributed by atoms with Crippen molar-refractivity contribution in [2.75, 3.05) is 38.6 Å². The summed E-state index contributed by atoms with van der Waals surface area (Å²) >= 11 is 2.94. The van der Waals surface area contributed by atoms with E-state index in [1.54, 1.807) is 6.08 Å². The average molecular weight is 356 g/mol. The van der Waals surface area contributed by atoms with Gasteiger partial charge in [-0.05, 0) is 24.3 Å². The van der Waals surface area contributed by atoms with Gasteiger partial charge in [0.05, 0.1) is 17.3 Å². The Morgan fingerprint density at radius 1 is 1.36 bits per heavy atom. The Bertz CT molecular complexity index is 370. The highest BCUT2D eigenvalue weighted by Gasteiger charge is 2.44. The first kappa shape index (κ1) is 19.8. The Morgan fingerprint density at radius 2 is 2.05 bits per heavy atom. The monoisotopic (exact) mass is 356 g/mol. The second-order valence-corrected chi connectivity index (χ2v) is 7.65. The molecule has 22 heavy (non-hydrogen) atoms. The van der Waals surface area contributed by atoms with Gasteiger partial charge in [0.15, 0.2) is 12.6 Å². The minimum absolute atomic E-state index is 0.231. The molecule has 1 heterocycles. The minimum Gasteiger partial charge on any atom is -0.463 e. The van der Waals surface area contributed by atoms with Crippen molar-refractivity contribution in [3.05, 3.63) is 24.5 Å². The van der Waals surface area contributed by atoms with Crippen LogP contribution in [0, 0.1) is 0 Å². The smallest absolute Gasteiger partial charge is 0.310 e. The second kappa shape index (κ2) is 10.5. The molecule has 0 aromatic carbocycles. The molecule has 1 fully saturated rings. The highest BCUT2D eigenvalue weighted by atomic mass is 32.2. The Hall–Kier alpha value is -0.280. The van der Waals surface area contributed by atoms with Crippen LogP contribution in [0.2, 0.25) is 0 Å². The van der Waals surface area contributed by atoms with E-state index in [4.69, 9.17) is 14.2 Å². The SMILES string of the molecule is C=CCC1(C(O)C(OCOCCOC)=C(F)F)SCCCS1. The maximum atomic E-state index is 13.2. The number of ether oxygens (including phenoxy) is 3. The highest BCUT2D eigenvalue weighted by Crippen LogP contribution is 2.49. The molecule has 1 atom stereocenters. The van der Waals surface area contributed by atoms with Crippen LogP contribution in [0.25, 0.3) is 0 Å². The van der Waals surface area contributed by atoms with E-state index in [0.717, 1.165) is 17.9 Å². The Morgan fingerprint density at radius 3 is 2.59 bits per heavy atom. The van der Waals surface area contributed by atoms with Crippen molar-refractivity contribution >= 4 is 23.5 Å². The summed E-state index contributed by atoms with van der Waals surface area (Å²) in [6.07, 6.45) is -0.417. The highest BCUT2D eigenvalue weighted by molar-refractivity contribution is 8.18. The van der Waals surface area contributed by atoms with Crippen molar-refractivity contribution in [3.8, 4) is 0 Å². The van der Waals surface area contributed by atoms with Crippen molar-refractivity contribution in [3.63, 3.8) is 0 Å². The first-order chi connectivity index (χ1) is 10.6. The van der Waals surface area contributed by atoms with Crippen LogP contribution in [-0.2, 0) is 14.2 Å². The molecule has 8 heteroatoms. The number of hydrogen-bond acceptors (Lipinski definition) is 6. The lowest BCUT2D eigenvalue weighted by molar-refractivity contribution is -0.0601. The molecule has 0 aromatic heterocycles. The molecule has 0 amide bonds. The lowest BCUT2D eigenvalue weighted by Gasteiger charge is -2.39. The summed E-state index contributed by atoms with van der Waals surface area (Å²) in [5.41, 5.74) is 0. The minimum atomic E-state index is -2.03. The van der Waals surface area contributed by atoms with Crippen molar-refractivity contribution in [1.29, 1.82) is 0 Å². The van der Waals surface area contributed by atoms with Gasteiger partial charge in [-0.25, -0.2) is 0 Å². The van der Waals surface area contributed by atoms with Gasteiger partial charge in [-0.1, -0.05) is 6.08 Å². The topological polar surface area (TPSA) is 47.9 Å². The summed E-state index contributed by atoms with van der Waals surface area (Å²) in [5, 5.41) is 10.5. The first-order valence-corrected chi connectivity index (χ1v) is 8.86. The van der Waals surface area contributed by atoms with E-state index < -0.39 is 22.0 Å². The third-order valence-electron chi connectivity index (χ3n) is 2.99. The quantitative estimate of drug-likeness (QED) is 0.281. The lowest BCUT2D eigenvalue weighted by atomic mass is 10.1. The van der Waals surface area contributed by atoms with E-state index in [1.807, 2.05) is 0 Å². The normalized spacial score (nSPS) is 18.5. The molecule has 0 bridgehead atoms. The Kier molecular flexibility index (Phi) is 9.42. The van der Waals surface area contributed by atoms with E-state index in [1.165, 1.54) is 30.6 Å². The van der Waals surface area contributed by atoms with Crippen LogP contribution in [0.3, 0.4) is 0 Å². The van der Waals surface area contributed by atoms with Gasteiger partial charge in [0.2, 0.25) is 0 Å². The lowest BCUT2D eigenvalue weighted by Crippen LogP contribution is -2.40. The molecule has 0 radical (unpaired) electrons. The number of aliphatic hydroxyl groups excluding tert-OH is 1. The molecular formula is C14H22F2O4S2. The zero-order valence-corrected chi connectivity index (χ0v) is 14.2. The maximum Gasteiger partial charge on any atom is 0.310 e. The third-order valence-corrected chi connectivity index (χ3v) is 6.44. The molecule has 1 rings (SSSR count). The molecule has 1 aliphatic heterocycles. The summed E-state index contributed by atoms with van der Waals surface area (Å²) < 4.78 is 40.3. The standard InChI is InChI=1S/C14H22F2O4S2/c1-3-5-14(21-8-4-9-22-14)12(17)11(13(15)16)20-10-19-7-6-18-2/h3,12,17H,1,4-10H2,2H3. The van der Waals surface area contributed by atoms with Crippen LogP contribution in [0.15, 0.2) is 24.5 Å². The van der Waals surface area contributed by atoms with E-state index in [2.05, 4.69) is 6.58 Å². The number of thioether (sulfide) groups is 2. The fraction of sp³-hybridized carbons (Fsp3) is 0.714. The fourth-order valence-corrected chi connectivity index (χ4v) is 5.21. The number of hydrogen-bond donors (Lipinski definition) is 1. The molecule has 128 valence electrons. The molecule has 1 unspecified atom stereocenters. The van der Waals surface area contributed by atoms with Crippen LogP contribution in [0.4, 0.5) is 8.78 Å². The number of aliphatic hydroxyl groups is 1. The second-order valence-electron chi connectivity index (χ2n) is 4.55. The van der Waals surface area contributed by atoms with Crippen LogP contribution in [0.1, 0.15) is 12.8 Å². The van der Waals surface area contributed by atoms with E-state index in [-0.39, 0.29) is 13.4 Å². The average Bonchev–Trinajstić information content (AvgIpc) is 2.51. The van der Waals surface area contributed by atoms with Gasteiger partial charge in [0.1, 0.15) is 6.10 Å². The van der Waals surface area contributed by atoms with Gasteiger partial charge in [-0.2, -0.15) is 8.78 Å². The van der Waals surface area contributed by atoms with Crippen LogP contribution >= 0.6 is 23.5 Å². The van der Waals surface area contributed by atoms with Gasteiger partial charge in [0.25, 0.3) is 0 Å². The van der Waals surface area contributed by atoms with Crippen LogP contribution in [-0.4, -0.2) is 53.9 Å². The predicted octanol–water partition coefficient (Wildman–Crippen LogP) is 3.24. The molecule has 1 aliphatic rings. The Labute approximate surface area is 138 Å². The molecule has 1 saturated heterocycles. The van der Waals surface area contributed by atoms with Gasteiger partial charge in [-0.15, -0.1) is 30.1 Å². The van der Waals surface area contributed by atoms with Gasteiger partial charge in [0, 0.05) is 7.11 Å². The molecule has 0 saturated carbocycles. The van der Waals surface area contributed by atoms with E-state index in [0.29, 0.717) is 13.0 Å². The van der Waals surface area contributed by atoms with Crippen molar-refractivity contribution in [2.24, 2.45) is 0 Å². The summed E-state index contributed by atoms with van der Waals surface area (Å²) in [7, 11) is 1.51. The third kappa shape index (κ3) is 5.73. The van der Waals surface area contributed by atoms with Crippen molar-refractivity contribution in [2.45, 2.75) is 23.0 Å². The number of methoxy groups -OCH3 is 1. The largest absolute Gasteiger partial charge is 0.463 e. The first-order valence-electron chi connectivity index (χ1n) is 6.89. The van der Waals surface area contributed by atoms with E-state index in [9.17, 15) is 13.9 Å². The van der Waals surface area contributed by atoms with Gasteiger partial charge in [-0.3, -0.25) is 0 Å². The number of allylic oxidation sites excluding steroid dienone is 1. The van der Waals surface area contributed by atoms with Crippen molar-refractivity contribution < 1.29 is 28.1 Å². The maximum absolute atomic E-state index is 13.2. The van der Waals surface area contributed by atoms with E-state index >= 15 is 0 Å². The van der Waals surface area contributed by atoms with Gasteiger partial charge >= 0.3 is 6.08 Å². The van der Waals surface area contributed by atoms with Crippen LogP contribution < -0.4 is 0 Å². The predicted molar refractivity (Wildman–Crippen MR) is 86.1 cm³/mol.